The molecule has 0 saturated heterocycles. The topological polar surface area (TPSA) is 48.1 Å². The van der Waals surface area contributed by atoms with Crippen LogP contribution in [0.3, 0.4) is 0 Å². The fraction of sp³-hybridized carbons (Fsp3) is 0.545. The molecule has 6 heteroatoms. The minimum atomic E-state index is -4.33. The van der Waals surface area contributed by atoms with Crippen molar-refractivity contribution in [2.75, 3.05) is 6.61 Å². The van der Waals surface area contributed by atoms with Gasteiger partial charge in [0.1, 0.15) is 5.75 Å². The Morgan fingerprint density at radius 2 is 2.12 bits per heavy atom. The van der Waals surface area contributed by atoms with E-state index in [0.29, 0.717) is 6.42 Å². The summed E-state index contributed by atoms with van der Waals surface area (Å²) in [4.78, 5) is 3.99. The van der Waals surface area contributed by atoms with E-state index in [-0.39, 0.29) is 11.8 Å². The van der Waals surface area contributed by atoms with Crippen LogP contribution in [0.1, 0.15) is 19.0 Å². The molecule has 17 heavy (non-hydrogen) atoms. The molecule has 0 aromatic carbocycles. The van der Waals surface area contributed by atoms with Gasteiger partial charge in [0.2, 0.25) is 0 Å². The fourth-order valence-electron chi connectivity index (χ4n) is 1.20. The van der Waals surface area contributed by atoms with E-state index in [2.05, 4.69) is 9.72 Å². The standard InChI is InChI=1S/C11H15F3N2O/c1-2-8(15)5-9-3-4-10(6-16-9)17-7-11(12,13)14/h3-4,6,8H,2,5,7,15H2,1H3. The molecular weight excluding hydrogens is 233 g/mol. The van der Waals surface area contributed by atoms with Crippen LogP contribution in [0.25, 0.3) is 0 Å². The van der Waals surface area contributed by atoms with E-state index in [0.717, 1.165) is 12.1 Å². The zero-order chi connectivity index (χ0) is 12.9. The van der Waals surface area contributed by atoms with Crippen molar-refractivity contribution in [3.63, 3.8) is 0 Å². The molecule has 0 fully saturated rings. The molecule has 1 heterocycles. The number of halogens is 3. The summed E-state index contributed by atoms with van der Waals surface area (Å²) in [5.41, 5.74) is 6.49. The minimum absolute atomic E-state index is 0.0180. The predicted octanol–water partition coefficient (Wildman–Crippen LogP) is 2.30. The summed E-state index contributed by atoms with van der Waals surface area (Å²) in [5, 5.41) is 0. The van der Waals surface area contributed by atoms with Crippen molar-refractivity contribution in [2.24, 2.45) is 5.73 Å². The van der Waals surface area contributed by atoms with E-state index < -0.39 is 12.8 Å². The van der Waals surface area contributed by atoms with Gasteiger partial charge in [-0.2, -0.15) is 13.2 Å². The van der Waals surface area contributed by atoms with Crippen LogP contribution < -0.4 is 10.5 Å². The third-order valence-corrected chi connectivity index (χ3v) is 2.20. The van der Waals surface area contributed by atoms with Crippen molar-refractivity contribution in [1.29, 1.82) is 0 Å². The largest absolute Gasteiger partial charge is 0.483 e. The highest BCUT2D eigenvalue weighted by Crippen LogP contribution is 2.18. The lowest BCUT2D eigenvalue weighted by Gasteiger charge is -2.10. The molecule has 1 unspecified atom stereocenters. The van der Waals surface area contributed by atoms with Crippen LogP contribution in [0.4, 0.5) is 13.2 Å². The molecule has 1 atom stereocenters. The van der Waals surface area contributed by atoms with Gasteiger partial charge in [0.25, 0.3) is 0 Å². The molecule has 0 aliphatic heterocycles. The van der Waals surface area contributed by atoms with Crippen molar-refractivity contribution in [3.8, 4) is 5.75 Å². The first-order valence-electron chi connectivity index (χ1n) is 5.30. The quantitative estimate of drug-likeness (QED) is 0.869. The molecule has 96 valence electrons. The molecule has 0 aliphatic carbocycles. The number of nitrogens with two attached hydrogens (primary N) is 1. The van der Waals surface area contributed by atoms with Gasteiger partial charge in [-0.25, -0.2) is 0 Å². The predicted molar refractivity (Wildman–Crippen MR) is 57.8 cm³/mol. The van der Waals surface area contributed by atoms with E-state index in [4.69, 9.17) is 5.73 Å². The van der Waals surface area contributed by atoms with Gasteiger partial charge in [-0.15, -0.1) is 0 Å². The summed E-state index contributed by atoms with van der Waals surface area (Å²) in [6.45, 7) is 0.661. The van der Waals surface area contributed by atoms with Gasteiger partial charge >= 0.3 is 6.18 Å². The number of nitrogens with zero attached hydrogens (tertiary/aromatic N) is 1. The van der Waals surface area contributed by atoms with Gasteiger partial charge < -0.3 is 10.5 Å². The van der Waals surface area contributed by atoms with E-state index in [1.54, 1.807) is 6.07 Å². The van der Waals surface area contributed by atoms with Crippen LogP contribution in [0.15, 0.2) is 18.3 Å². The second kappa shape index (κ2) is 5.86. The van der Waals surface area contributed by atoms with E-state index in [1.807, 2.05) is 6.92 Å². The Balaban J connectivity index is 2.50. The number of ether oxygens (including phenoxy) is 1. The summed E-state index contributed by atoms with van der Waals surface area (Å²) in [6, 6.07) is 3.11. The minimum Gasteiger partial charge on any atom is -0.483 e. The molecule has 0 aliphatic rings. The van der Waals surface area contributed by atoms with Gasteiger partial charge in [-0.1, -0.05) is 6.92 Å². The second-order valence-electron chi connectivity index (χ2n) is 3.76. The van der Waals surface area contributed by atoms with E-state index >= 15 is 0 Å². The lowest BCUT2D eigenvalue weighted by atomic mass is 10.1. The number of hydrogen-bond acceptors (Lipinski definition) is 3. The van der Waals surface area contributed by atoms with Crippen LogP contribution in [0.5, 0.6) is 5.75 Å². The zero-order valence-electron chi connectivity index (χ0n) is 9.50. The summed E-state index contributed by atoms with van der Waals surface area (Å²) in [7, 11) is 0. The maximum atomic E-state index is 11.9. The smallest absolute Gasteiger partial charge is 0.422 e. The lowest BCUT2D eigenvalue weighted by molar-refractivity contribution is -0.153. The Morgan fingerprint density at radius 1 is 1.41 bits per heavy atom. The van der Waals surface area contributed by atoms with Crippen LogP contribution in [-0.4, -0.2) is 23.8 Å². The molecule has 1 aromatic heterocycles. The molecule has 0 amide bonds. The van der Waals surface area contributed by atoms with Gasteiger partial charge in [0, 0.05) is 18.2 Å². The molecule has 0 bridgehead atoms. The SMILES string of the molecule is CCC(N)Cc1ccc(OCC(F)(F)F)cn1. The monoisotopic (exact) mass is 248 g/mol. The first-order valence-corrected chi connectivity index (χ1v) is 5.30. The van der Waals surface area contributed by atoms with Crippen LogP contribution in [-0.2, 0) is 6.42 Å². The summed E-state index contributed by atoms with van der Waals surface area (Å²) < 4.78 is 40.2. The Morgan fingerprint density at radius 3 is 2.59 bits per heavy atom. The maximum absolute atomic E-state index is 11.9. The highest BCUT2D eigenvalue weighted by atomic mass is 19.4. The average Bonchev–Trinajstić information content (AvgIpc) is 2.27. The highest BCUT2D eigenvalue weighted by molar-refractivity contribution is 5.20. The fourth-order valence-corrected chi connectivity index (χ4v) is 1.20. The van der Waals surface area contributed by atoms with Gasteiger partial charge in [-0.05, 0) is 18.6 Å². The summed E-state index contributed by atoms with van der Waals surface area (Å²) in [6.07, 6.45) is -1.61. The summed E-state index contributed by atoms with van der Waals surface area (Å²) in [5.74, 6) is 0.108. The Labute approximate surface area is 97.8 Å². The molecule has 3 nitrogen and oxygen atoms in total. The van der Waals surface area contributed by atoms with Crippen LogP contribution >= 0.6 is 0 Å². The Kier molecular flexibility index (Phi) is 4.74. The van der Waals surface area contributed by atoms with Gasteiger partial charge in [0.15, 0.2) is 6.61 Å². The van der Waals surface area contributed by atoms with E-state index in [9.17, 15) is 13.2 Å². The van der Waals surface area contributed by atoms with Gasteiger partial charge in [0.05, 0.1) is 6.20 Å². The van der Waals surface area contributed by atoms with Crippen molar-refractivity contribution in [1.82, 2.24) is 4.98 Å². The lowest BCUT2D eigenvalue weighted by Crippen LogP contribution is -2.22. The van der Waals surface area contributed by atoms with Crippen molar-refractivity contribution < 1.29 is 17.9 Å². The third kappa shape index (κ3) is 5.53. The first kappa shape index (κ1) is 13.8. The second-order valence-corrected chi connectivity index (χ2v) is 3.76. The Hall–Kier alpha value is -1.30. The Bertz CT molecular complexity index is 338. The highest BCUT2D eigenvalue weighted by Gasteiger charge is 2.28. The number of hydrogen-bond donors (Lipinski definition) is 1. The van der Waals surface area contributed by atoms with E-state index in [1.165, 1.54) is 12.3 Å². The molecule has 0 saturated carbocycles. The van der Waals surface area contributed by atoms with Gasteiger partial charge in [-0.3, -0.25) is 4.98 Å². The van der Waals surface area contributed by atoms with Crippen molar-refractivity contribution in [3.05, 3.63) is 24.0 Å². The number of pyridine rings is 1. The number of rotatable bonds is 5. The first-order chi connectivity index (χ1) is 7.90. The number of alkyl halides is 3. The molecule has 1 rings (SSSR count). The normalized spacial score (nSPS) is 13.5. The van der Waals surface area contributed by atoms with Crippen LogP contribution in [0.2, 0.25) is 0 Å². The number of aromatic nitrogens is 1. The van der Waals surface area contributed by atoms with Crippen molar-refractivity contribution >= 4 is 0 Å². The molecular formula is C11H15F3N2O. The van der Waals surface area contributed by atoms with Crippen molar-refractivity contribution in [2.45, 2.75) is 32.0 Å². The zero-order valence-corrected chi connectivity index (χ0v) is 9.50. The van der Waals surface area contributed by atoms with Crippen LogP contribution in [0, 0.1) is 0 Å². The molecule has 2 N–H and O–H groups in total. The molecule has 0 spiro atoms. The molecule has 0 radical (unpaired) electrons. The summed E-state index contributed by atoms with van der Waals surface area (Å²) >= 11 is 0. The average molecular weight is 248 g/mol. The third-order valence-electron chi connectivity index (χ3n) is 2.20. The molecule has 1 aromatic rings. The maximum Gasteiger partial charge on any atom is 0.422 e.